The number of nitrogens with zero attached hydrogens (tertiary/aromatic N) is 6. The summed E-state index contributed by atoms with van der Waals surface area (Å²) < 4.78 is 53.4. The van der Waals surface area contributed by atoms with Crippen LogP contribution in [0.5, 0.6) is 5.75 Å². The van der Waals surface area contributed by atoms with E-state index in [1.807, 2.05) is 13.0 Å². The summed E-state index contributed by atoms with van der Waals surface area (Å²) in [6.45, 7) is 10.5. The van der Waals surface area contributed by atoms with Gasteiger partial charge in [0.15, 0.2) is 5.72 Å². The molecule has 5 heterocycles. The number of carbonyl (C=O) groups excluding carboxylic acids is 7. The van der Waals surface area contributed by atoms with Crippen LogP contribution in [0.25, 0.3) is 0 Å². The number of hydrogen-bond acceptors (Lipinski definition) is 19. The second kappa shape index (κ2) is 30.8. The summed E-state index contributed by atoms with van der Waals surface area (Å²) in [6.07, 6.45) is 6.94. The first-order chi connectivity index (χ1) is 39.2. The minimum atomic E-state index is -1.86. The number of hydrogen-bond donors (Lipinski definition) is 3. The molecular weight excluding hydrogens is 1090 g/mol. The van der Waals surface area contributed by atoms with E-state index in [1.54, 1.807) is 63.0 Å². The van der Waals surface area contributed by atoms with Crippen molar-refractivity contribution in [3.8, 4) is 5.75 Å². The van der Waals surface area contributed by atoms with Gasteiger partial charge in [-0.3, -0.25) is 38.9 Å². The molecule has 4 aliphatic rings. The molecule has 4 bridgehead atoms. The highest BCUT2D eigenvalue weighted by molar-refractivity contribution is 6.35. The highest BCUT2D eigenvalue weighted by Gasteiger charge is 2.64. The van der Waals surface area contributed by atoms with E-state index < -0.39 is 77.5 Å². The number of allylic oxidation sites excluding steroid dienone is 3. The molecule has 8 atom stereocenters. The monoisotopic (exact) mass is 1170 g/mol. The van der Waals surface area contributed by atoms with Gasteiger partial charge in [0.1, 0.15) is 46.4 Å². The maximum atomic E-state index is 14.4. The van der Waals surface area contributed by atoms with E-state index in [2.05, 4.69) is 20.9 Å². The van der Waals surface area contributed by atoms with Crippen molar-refractivity contribution < 1.29 is 81.3 Å². The molecule has 25 nitrogen and oxygen atoms in total. The molecular formula is C56H79ClN8O17. The van der Waals surface area contributed by atoms with Crippen LogP contribution >= 0.6 is 11.6 Å². The van der Waals surface area contributed by atoms with Crippen molar-refractivity contribution in [1.29, 1.82) is 0 Å². The van der Waals surface area contributed by atoms with E-state index in [4.69, 9.17) is 54.2 Å². The molecule has 0 saturated carbocycles. The molecule has 1 unspecified atom stereocenters. The third kappa shape index (κ3) is 18.1. The average Bonchev–Trinajstić information content (AvgIpc) is 4.02. The summed E-state index contributed by atoms with van der Waals surface area (Å²) in [5, 5.41) is 25.6. The first-order valence-corrected chi connectivity index (χ1v) is 27.9. The number of anilines is 1. The summed E-state index contributed by atoms with van der Waals surface area (Å²) in [5.41, 5.74) is -0.412. The van der Waals surface area contributed by atoms with E-state index in [9.17, 15) is 38.7 Å². The highest BCUT2D eigenvalue weighted by atomic mass is 35.5. The molecule has 2 fully saturated rings. The predicted molar refractivity (Wildman–Crippen MR) is 295 cm³/mol. The second-order valence-corrected chi connectivity index (χ2v) is 21.2. The first-order valence-electron chi connectivity index (χ1n) is 27.5. The molecule has 6 amide bonds. The summed E-state index contributed by atoms with van der Waals surface area (Å²) in [4.78, 5) is 93.7. The largest absolute Gasteiger partial charge is 0.495 e. The number of benzene rings is 1. The van der Waals surface area contributed by atoms with Gasteiger partial charge in [0, 0.05) is 78.2 Å². The zero-order chi connectivity index (χ0) is 59.6. The van der Waals surface area contributed by atoms with Crippen molar-refractivity contribution in [1.82, 2.24) is 35.4 Å². The number of likely N-dealkylation sites (N-methyl/N-ethyl adjacent to an activating group) is 1. The van der Waals surface area contributed by atoms with Crippen molar-refractivity contribution in [2.75, 3.05) is 92.6 Å². The Hall–Kier alpha value is -6.32. The maximum absolute atomic E-state index is 14.4. The van der Waals surface area contributed by atoms with Gasteiger partial charge in [-0.2, -0.15) is 0 Å². The average molecular weight is 1170 g/mol. The quantitative estimate of drug-likeness (QED) is 0.0476. The van der Waals surface area contributed by atoms with Gasteiger partial charge in [0.25, 0.3) is 11.8 Å². The van der Waals surface area contributed by atoms with Gasteiger partial charge in [0.2, 0.25) is 17.7 Å². The summed E-state index contributed by atoms with van der Waals surface area (Å²) >= 11 is 6.83. The Kier molecular flexibility index (Phi) is 24.4. The van der Waals surface area contributed by atoms with Crippen LogP contribution in [0.2, 0.25) is 5.02 Å². The first kappa shape index (κ1) is 64.8. The van der Waals surface area contributed by atoms with Crippen molar-refractivity contribution >= 4 is 58.9 Å². The van der Waals surface area contributed by atoms with Gasteiger partial charge < -0.3 is 62.9 Å². The lowest BCUT2D eigenvalue weighted by Crippen LogP contribution is -2.63. The number of aromatic nitrogens is 3. The number of ether oxygens (including phenoxy) is 9. The van der Waals surface area contributed by atoms with Gasteiger partial charge in [-0.15, -0.1) is 5.10 Å². The number of unbranched alkanes of at least 4 members (excludes halogenated alkanes) is 2. The molecule has 2 aromatic rings. The highest BCUT2D eigenvalue weighted by Crippen LogP contribution is 2.49. The van der Waals surface area contributed by atoms with Crippen molar-refractivity contribution in [3.05, 3.63) is 70.6 Å². The zero-order valence-electron chi connectivity index (χ0n) is 48.1. The van der Waals surface area contributed by atoms with E-state index in [1.165, 1.54) is 43.2 Å². The number of alkyl carbamates (subject to hydrolysis) is 1. The minimum Gasteiger partial charge on any atom is -0.495 e. The Balaban J connectivity index is 0.905. The predicted octanol–water partition coefficient (Wildman–Crippen LogP) is 3.36. The topological polar surface area (TPSA) is 291 Å². The van der Waals surface area contributed by atoms with Crippen molar-refractivity contribution in [2.45, 2.75) is 134 Å². The zero-order valence-corrected chi connectivity index (χ0v) is 48.8. The van der Waals surface area contributed by atoms with Crippen LogP contribution < -0.4 is 20.3 Å². The number of nitrogens with one attached hydrogen (secondary N) is 2. The Morgan fingerprint density at radius 3 is 2.33 bits per heavy atom. The Morgan fingerprint density at radius 1 is 0.963 bits per heavy atom. The molecule has 4 aliphatic heterocycles. The molecule has 0 radical (unpaired) electrons. The lowest BCUT2D eigenvalue weighted by molar-refractivity contribution is -0.162. The number of methoxy groups -OCH3 is 2. The van der Waals surface area contributed by atoms with Gasteiger partial charge in [-0.25, -0.2) is 9.59 Å². The molecule has 6 rings (SSSR count). The van der Waals surface area contributed by atoms with Crippen molar-refractivity contribution in [2.24, 2.45) is 5.92 Å². The number of carbonyl (C=O) groups is 7. The molecule has 1 aromatic carbocycles. The van der Waals surface area contributed by atoms with E-state index in [-0.39, 0.29) is 62.3 Å². The number of aryl methyl sites for hydroxylation is 1. The number of aliphatic hydroxyl groups is 1. The standard InChI is InChI=1S/C56H79ClN8O17/c1-36-13-12-14-44(75-8)56(73)33-43(80-54(72)59-56)37(2)52-55(4,82-52)45(32-50(70)63(6)41-30-39(29-36)31-42(74-7)51(41)57)81-53(71)38(3)62(5)47(67)15-10-9-11-20-64-34-40(60-61-64)35-79-28-27-78-26-25-77-24-23-76-22-19-58-46(66)18-21-65-48(68)16-17-49(65)69/h12-14,16-17,30-31,34,37-38,43-45,52,73H,9-11,15,18-29,32-33,35H2,1-8H3,(H,58,66)(H,59,72)/b14-12+,36-13+/t37-,38+,43+,44?,45+,52+,55-,56+/m1/s1. The third-order valence-electron chi connectivity index (χ3n) is 14.8. The van der Waals surface area contributed by atoms with Crippen LogP contribution in [0.3, 0.4) is 0 Å². The van der Waals surface area contributed by atoms with E-state index in [0.29, 0.717) is 95.5 Å². The molecule has 1 aromatic heterocycles. The smallest absolute Gasteiger partial charge is 0.409 e. The van der Waals surface area contributed by atoms with Crippen LogP contribution in [-0.4, -0.2) is 201 Å². The molecule has 3 N–H and O–H groups in total. The number of fused-ring (bicyclic) bond motifs is 5. The number of imide groups is 1. The normalized spacial score (nSPS) is 25.1. The van der Waals surface area contributed by atoms with Crippen LogP contribution in [0.15, 0.2) is 54.3 Å². The lowest BCUT2D eigenvalue weighted by Gasteiger charge is -2.42. The Labute approximate surface area is 482 Å². The van der Waals surface area contributed by atoms with Crippen LogP contribution in [-0.2, 0) is 86.2 Å². The SMILES string of the molecule is COc1cc2cc(c1Cl)N(C)C(=O)C[C@H](OC(=O)[C@H](C)N(C)C(=O)CCCCCn1cc(COCCOCCOCCOCCNC(=O)CCN3C(=O)C=CC3=O)nn1)[C@@]1(C)O[C@H]1[C@H](C)[C@@H]1C[C@@](O)(NC(=O)O1)C(OC)/C=C/C=C(\C)C2. The molecule has 26 heteroatoms. The lowest BCUT2D eigenvalue weighted by atomic mass is 9.83. The second-order valence-electron chi connectivity index (χ2n) is 20.8. The van der Waals surface area contributed by atoms with Crippen LogP contribution in [0.1, 0.15) is 83.9 Å². The number of amides is 6. The number of rotatable bonds is 28. The fourth-order valence-electron chi connectivity index (χ4n) is 9.69. The summed E-state index contributed by atoms with van der Waals surface area (Å²) in [5.74, 6) is -2.83. The van der Waals surface area contributed by atoms with Gasteiger partial charge >= 0.3 is 12.1 Å². The molecule has 0 aliphatic carbocycles. The van der Waals surface area contributed by atoms with E-state index >= 15 is 0 Å². The number of halogens is 1. The van der Waals surface area contributed by atoms with E-state index in [0.717, 1.165) is 16.0 Å². The van der Waals surface area contributed by atoms with Gasteiger partial charge in [-0.05, 0) is 57.7 Å². The molecule has 0 spiro atoms. The van der Waals surface area contributed by atoms with Gasteiger partial charge in [-0.1, -0.05) is 54.0 Å². The molecule has 82 heavy (non-hydrogen) atoms. The fraction of sp³-hybridized carbons (Fsp3) is 0.625. The number of epoxide rings is 1. The maximum Gasteiger partial charge on any atom is 0.409 e. The Bertz CT molecular complexity index is 2630. The minimum absolute atomic E-state index is 0.0192. The number of esters is 1. The molecule has 2 saturated heterocycles. The van der Waals surface area contributed by atoms with Gasteiger partial charge in [0.05, 0.1) is 84.4 Å². The Morgan fingerprint density at radius 2 is 1.65 bits per heavy atom. The third-order valence-corrected chi connectivity index (χ3v) is 15.2. The molecule has 452 valence electrons. The summed E-state index contributed by atoms with van der Waals surface area (Å²) in [6, 6.07) is 2.52. The van der Waals surface area contributed by atoms with Crippen LogP contribution in [0.4, 0.5) is 10.5 Å². The fourth-order valence-corrected chi connectivity index (χ4v) is 10.0. The van der Waals surface area contributed by atoms with Crippen molar-refractivity contribution in [3.63, 3.8) is 0 Å². The van der Waals surface area contributed by atoms with Crippen LogP contribution in [0, 0.1) is 5.92 Å². The summed E-state index contributed by atoms with van der Waals surface area (Å²) in [7, 11) is 6.00.